The van der Waals surface area contributed by atoms with Crippen LogP contribution in [0.4, 0.5) is 5.13 Å². The lowest BCUT2D eigenvalue weighted by Gasteiger charge is -2.11. The number of aromatic nitrogens is 2. The largest absolute Gasteiger partial charge is 0.360 e. The Morgan fingerprint density at radius 2 is 2.15 bits per heavy atom. The Kier molecular flexibility index (Phi) is 5.08. The molecular formula is C13H18N4OS2. The molecule has 0 saturated carbocycles. The molecular weight excluding hydrogens is 292 g/mol. The minimum atomic E-state index is -0.160. The zero-order valence-electron chi connectivity index (χ0n) is 11.8. The van der Waals surface area contributed by atoms with Crippen LogP contribution < -0.4 is 10.6 Å². The van der Waals surface area contributed by atoms with Gasteiger partial charge in [0.1, 0.15) is 0 Å². The molecule has 5 nitrogen and oxygen atoms in total. The summed E-state index contributed by atoms with van der Waals surface area (Å²) >= 11 is 3.04. The number of nitrogens with one attached hydrogen (secondary N) is 2. The van der Waals surface area contributed by atoms with E-state index in [1.807, 2.05) is 13.8 Å². The van der Waals surface area contributed by atoms with Crippen molar-refractivity contribution < 1.29 is 4.79 Å². The molecule has 2 rings (SSSR count). The molecule has 1 amide bonds. The lowest BCUT2D eigenvalue weighted by molar-refractivity contribution is 0.0939. The molecule has 0 aliphatic rings. The van der Waals surface area contributed by atoms with Gasteiger partial charge >= 0.3 is 0 Å². The summed E-state index contributed by atoms with van der Waals surface area (Å²) < 4.78 is 0. The number of amides is 1. The van der Waals surface area contributed by atoms with E-state index in [2.05, 4.69) is 39.9 Å². The van der Waals surface area contributed by atoms with Gasteiger partial charge in [-0.25, -0.2) is 0 Å². The average molecular weight is 310 g/mol. The number of hydrogen-bond donors (Lipinski definition) is 2. The number of carbonyl (C=O) groups is 1. The highest BCUT2D eigenvalue weighted by Gasteiger charge is 2.15. The first kappa shape index (κ1) is 14.9. The molecule has 0 aliphatic heterocycles. The maximum absolute atomic E-state index is 12.0. The molecule has 20 heavy (non-hydrogen) atoms. The molecule has 0 aliphatic carbocycles. The number of aryl methyl sites for hydroxylation is 1. The quantitative estimate of drug-likeness (QED) is 0.861. The monoisotopic (exact) mass is 310 g/mol. The summed E-state index contributed by atoms with van der Waals surface area (Å²) in [6.07, 6.45) is 0.836. The highest BCUT2D eigenvalue weighted by molar-refractivity contribution is 7.17. The highest BCUT2D eigenvalue weighted by Crippen LogP contribution is 2.18. The standard InChI is InChI=1S/C13H18N4OS2/c1-4-14-13-17-16-12(20-13)11(18)15-8(2)7-10-6-5-9(3)19-10/h5-6,8H,4,7H2,1-3H3,(H,14,17)(H,15,18). The van der Waals surface area contributed by atoms with Gasteiger partial charge in [-0.3, -0.25) is 4.79 Å². The van der Waals surface area contributed by atoms with Crippen LogP contribution in [-0.2, 0) is 6.42 Å². The fraction of sp³-hybridized carbons (Fsp3) is 0.462. The maximum atomic E-state index is 12.0. The first-order chi connectivity index (χ1) is 9.58. The number of thiophene rings is 1. The summed E-state index contributed by atoms with van der Waals surface area (Å²) in [5.41, 5.74) is 0. The lowest BCUT2D eigenvalue weighted by Crippen LogP contribution is -2.33. The van der Waals surface area contributed by atoms with E-state index in [1.54, 1.807) is 11.3 Å². The van der Waals surface area contributed by atoms with E-state index in [4.69, 9.17) is 0 Å². The number of nitrogens with zero attached hydrogens (tertiary/aromatic N) is 2. The third-order valence-electron chi connectivity index (χ3n) is 2.63. The predicted molar refractivity (Wildman–Crippen MR) is 83.8 cm³/mol. The second-order valence-electron chi connectivity index (χ2n) is 4.53. The maximum Gasteiger partial charge on any atom is 0.282 e. The number of anilines is 1. The van der Waals surface area contributed by atoms with Crippen molar-refractivity contribution in [2.45, 2.75) is 33.2 Å². The molecule has 2 aromatic rings. The van der Waals surface area contributed by atoms with Gasteiger partial charge in [-0.1, -0.05) is 11.3 Å². The van der Waals surface area contributed by atoms with Gasteiger partial charge in [-0.15, -0.1) is 21.5 Å². The van der Waals surface area contributed by atoms with Crippen LogP contribution in [0.2, 0.25) is 0 Å². The minimum Gasteiger partial charge on any atom is -0.360 e. The number of carbonyl (C=O) groups excluding carboxylic acids is 1. The lowest BCUT2D eigenvalue weighted by atomic mass is 10.2. The van der Waals surface area contributed by atoms with E-state index in [1.165, 1.54) is 21.1 Å². The van der Waals surface area contributed by atoms with Crippen molar-refractivity contribution in [1.82, 2.24) is 15.5 Å². The predicted octanol–water partition coefficient (Wildman–Crippen LogP) is 2.70. The van der Waals surface area contributed by atoms with Gasteiger partial charge < -0.3 is 10.6 Å². The SMILES string of the molecule is CCNc1nnc(C(=O)NC(C)Cc2ccc(C)s2)s1. The summed E-state index contributed by atoms with van der Waals surface area (Å²) in [4.78, 5) is 14.6. The van der Waals surface area contributed by atoms with Crippen LogP contribution >= 0.6 is 22.7 Å². The Bertz CT molecular complexity index is 578. The van der Waals surface area contributed by atoms with Crippen molar-refractivity contribution in [3.63, 3.8) is 0 Å². The number of hydrogen-bond acceptors (Lipinski definition) is 6. The molecule has 108 valence electrons. The smallest absolute Gasteiger partial charge is 0.282 e. The van der Waals surface area contributed by atoms with Crippen LogP contribution in [-0.4, -0.2) is 28.7 Å². The zero-order chi connectivity index (χ0) is 14.5. The van der Waals surface area contributed by atoms with Gasteiger partial charge in [0.05, 0.1) is 0 Å². The minimum absolute atomic E-state index is 0.0760. The van der Waals surface area contributed by atoms with E-state index in [9.17, 15) is 4.79 Å². The molecule has 2 heterocycles. The Balaban J connectivity index is 1.89. The fourth-order valence-corrected chi connectivity index (χ4v) is 3.50. The molecule has 0 saturated heterocycles. The topological polar surface area (TPSA) is 66.9 Å². The van der Waals surface area contributed by atoms with Crippen molar-refractivity contribution in [2.24, 2.45) is 0 Å². The van der Waals surface area contributed by atoms with Gasteiger partial charge in [0.25, 0.3) is 5.91 Å². The van der Waals surface area contributed by atoms with Crippen LogP contribution in [0, 0.1) is 6.92 Å². The van der Waals surface area contributed by atoms with Crippen LogP contribution in [0.25, 0.3) is 0 Å². The fourth-order valence-electron chi connectivity index (χ4n) is 1.77. The third-order valence-corrected chi connectivity index (χ3v) is 4.53. The molecule has 2 aromatic heterocycles. The van der Waals surface area contributed by atoms with Crippen LogP contribution in [0.15, 0.2) is 12.1 Å². The summed E-state index contributed by atoms with van der Waals surface area (Å²) in [7, 11) is 0. The molecule has 0 aromatic carbocycles. The molecule has 2 N–H and O–H groups in total. The average Bonchev–Trinajstić information content (AvgIpc) is 2.99. The number of rotatable bonds is 6. The van der Waals surface area contributed by atoms with E-state index in [0.717, 1.165) is 13.0 Å². The Morgan fingerprint density at radius 3 is 2.80 bits per heavy atom. The first-order valence-corrected chi connectivity index (χ1v) is 8.15. The summed E-state index contributed by atoms with van der Waals surface area (Å²) in [6, 6.07) is 4.28. The second kappa shape index (κ2) is 6.81. The van der Waals surface area contributed by atoms with Gasteiger partial charge in [0.2, 0.25) is 10.1 Å². The van der Waals surface area contributed by atoms with E-state index in [0.29, 0.717) is 10.1 Å². The summed E-state index contributed by atoms with van der Waals surface area (Å²) in [6.45, 7) is 6.83. The van der Waals surface area contributed by atoms with Crippen LogP contribution in [0.3, 0.4) is 0 Å². The van der Waals surface area contributed by atoms with Crippen molar-refractivity contribution in [3.8, 4) is 0 Å². The Hall–Kier alpha value is -1.47. The molecule has 0 spiro atoms. The van der Waals surface area contributed by atoms with Gasteiger partial charge in [0.15, 0.2) is 0 Å². The van der Waals surface area contributed by atoms with Crippen LogP contribution in [0.5, 0.6) is 0 Å². The molecule has 1 atom stereocenters. The van der Waals surface area contributed by atoms with Crippen LogP contribution in [0.1, 0.15) is 33.4 Å². The second-order valence-corrected chi connectivity index (χ2v) is 6.88. The zero-order valence-corrected chi connectivity index (χ0v) is 13.4. The molecule has 7 heteroatoms. The van der Waals surface area contributed by atoms with E-state index < -0.39 is 0 Å². The molecule has 0 radical (unpaired) electrons. The first-order valence-electron chi connectivity index (χ1n) is 6.52. The summed E-state index contributed by atoms with van der Waals surface area (Å²) in [5.74, 6) is -0.160. The molecule has 0 bridgehead atoms. The van der Waals surface area contributed by atoms with E-state index >= 15 is 0 Å². The van der Waals surface area contributed by atoms with Crippen molar-refractivity contribution in [3.05, 3.63) is 26.9 Å². The highest BCUT2D eigenvalue weighted by atomic mass is 32.1. The van der Waals surface area contributed by atoms with Crippen molar-refractivity contribution in [2.75, 3.05) is 11.9 Å². The third kappa shape index (κ3) is 4.01. The van der Waals surface area contributed by atoms with E-state index in [-0.39, 0.29) is 11.9 Å². The van der Waals surface area contributed by atoms with Crippen molar-refractivity contribution in [1.29, 1.82) is 0 Å². The normalized spacial score (nSPS) is 12.2. The van der Waals surface area contributed by atoms with Gasteiger partial charge in [0, 0.05) is 28.8 Å². The van der Waals surface area contributed by atoms with Gasteiger partial charge in [-0.05, 0) is 32.9 Å². The molecule has 0 fully saturated rings. The summed E-state index contributed by atoms with van der Waals surface area (Å²) in [5, 5.41) is 14.9. The molecule has 1 unspecified atom stereocenters. The van der Waals surface area contributed by atoms with Gasteiger partial charge in [-0.2, -0.15) is 0 Å². The Morgan fingerprint density at radius 1 is 1.35 bits per heavy atom. The van der Waals surface area contributed by atoms with Crippen molar-refractivity contribution >= 4 is 33.7 Å². The Labute approximate surface area is 126 Å².